The molecule has 4 rings (SSSR count). The molecule has 0 aliphatic heterocycles. The van der Waals surface area contributed by atoms with Gasteiger partial charge in [-0.2, -0.15) is 0 Å². The number of nitrogens with zero attached hydrogens (tertiary/aromatic N) is 2. The molecule has 0 atom stereocenters. The summed E-state index contributed by atoms with van der Waals surface area (Å²) in [6.45, 7) is 4.35. The van der Waals surface area contributed by atoms with Gasteiger partial charge in [0.25, 0.3) is 0 Å². The monoisotopic (exact) mass is 459 g/mol. The summed E-state index contributed by atoms with van der Waals surface area (Å²) in [5, 5.41) is 4.70. The molecule has 5 heteroatoms. The number of aryl methyl sites for hydroxylation is 1. The summed E-state index contributed by atoms with van der Waals surface area (Å²) >= 11 is 12.0. The van der Waals surface area contributed by atoms with Crippen LogP contribution in [-0.2, 0) is 19.6 Å². The summed E-state index contributed by atoms with van der Waals surface area (Å²) in [6.07, 6.45) is 2.13. The van der Waals surface area contributed by atoms with Crippen molar-refractivity contribution in [2.24, 2.45) is 0 Å². The van der Waals surface area contributed by atoms with Gasteiger partial charge in [-0.15, -0.1) is 0 Å². The van der Waals surface area contributed by atoms with Gasteiger partial charge in [-0.1, -0.05) is 77.8 Å². The highest BCUT2D eigenvalue weighted by molar-refractivity contribution is 7.80. The standard InChI is InChI=1S/C27H26ClN3S/c1-21-12-14-23(15-13-21)18-30-16-6-11-26(30)20-31(19-22-7-3-2-4-8-22)27(32)29-25-10-5-9-24(28)17-25/h2-17H,18-20H2,1H3,(H,29,32). The van der Waals surface area contributed by atoms with Crippen LogP contribution in [0.1, 0.15) is 22.4 Å². The minimum Gasteiger partial charge on any atom is -0.345 e. The SMILES string of the molecule is Cc1ccc(Cn2cccc2CN(Cc2ccccc2)C(=S)Nc2cccc(Cl)c2)cc1. The number of benzene rings is 3. The fourth-order valence-electron chi connectivity index (χ4n) is 3.61. The Hall–Kier alpha value is -3.08. The van der Waals surface area contributed by atoms with E-state index in [0.29, 0.717) is 23.2 Å². The van der Waals surface area contributed by atoms with Gasteiger partial charge < -0.3 is 14.8 Å². The average Bonchev–Trinajstić information content (AvgIpc) is 3.22. The summed E-state index contributed by atoms with van der Waals surface area (Å²) in [6, 6.07) is 31.0. The van der Waals surface area contributed by atoms with Crippen LogP contribution < -0.4 is 5.32 Å². The molecule has 0 unspecified atom stereocenters. The molecule has 0 amide bonds. The third-order valence-electron chi connectivity index (χ3n) is 5.33. The Morgan fingerprint density at radius 2 is 1.66 bits per heavy atom. The number of hydrogen-bond donors (Lipinski definition) is 1. The van der Waals surface area contributed by atoms with Gasteiger partial charge >= 0.3 is 0 Å². The lowest BCUT2D eigenvalue weighted by Gasteiger charge is -2.27. The smallest absolute Gasteiger partial charge is 0.174 e. The Kier molecular flexibility index (Phi) is 7.25. The number of aromatic nitrogens is 1. The van der Waals surface area contributed by atoms with Crippen LogP contribution in [0.3, 0.4) is 0 Å². The molecule has 3 aromatic carbocycles. The van der Waals surface area contributed by atoms with E-state index in [1.54, 1.807) is 0 Å². The van der Waals surface area contributed by atoms with Gasteiger partial charge in [0, 0.05) is 35.7 Å². The zero-order valence-corrected chi connectivity index (χ0v) is 19.6. The molecule has 0 saturated carbocycles. The number of anilines is 1. The van der Waals surface area contributed by atoms with Crippen molar-refractivity contribution in [2.75, 3.05) is 5.32 Å². The predicted molar refractivity (Wildman–Crippen MR) is 138 cm³/mol. The fourth-order valence-corrected chi connectivity index (χ4v) is 4.04. The third kappa shape index (κ3) is 6.00. The second-order valence-corrected chi connectivity index (χ2v) is 8.72. The van der Waals surface area contributed by atoms with Crippen molar-refractivity contribution in [2.45, 2.75) is 26.6 Å². The van der Waals surface area contributed by atoms with Crippen LogP contribution in [0.2, 0.25) is 5.02 Å². The third-order valence-corrected chi connectivity index (χ3v) is 5.92. The van der Waals surface area contributed by atoms with Gasteiger partial charge in [0.2, 0.25) is 0 Å². The molecule has 3 nitrogen and oxygen atoms in total. The van der Waals surface area contributed by atoms with E-state index in [1.807, 2.05) is 30.3 Å². The van der Waals surface area contributed by atoms with E-state index in [2.05, 4.69) is 88.6 Å². The van der Waals surface area contributed by atoms with E-state index in [4.69, 9.17) is 23.8 Å². The lowest BCUT2D eigenvalue weighted by atomic mass is 10.1. The van der Waals surface area contributed by atoms with Gasteiger partial charge in [0.1, 0.15) is 0 Å². The van der Waals surface area contributed by atoms with Crippen LogP contribution in [0.15, 0.2) is 97.2 Å². The quantitative estimate of drug-likeness (QED) is 0.303. The number of halogens is 1. The Balaban J connectivity index is 1.54. The Bertz CT molecular complexity index is 1170. The van der Waals surface area contributed by atoms with Gasteiger partial charge in [-0.25, -0.2) is 0 Å². The summed E-state index contributed by atoms with van der Waals surface area (Å²) in [5.41, 5.74) is 5.85. The highest BCUT2D eigenvalue weighted by Crippen LogP contribution is 2.18. The maximum Gasteiger partial charge on any atom is 0.174 e. The molecule has 0 bridgehead atoms. The van der Waals surface area contributed by atoms with Crippen molar-refractivity contribution >= 4 is 34.6 Å². The number of rotatable bonds is 7. The molecule has 1 aromatic heterocycles. The van der Waals surface area contributed by atoms with Crippen LogP contribution in [0.4, 0.5) is 5.69 Å². The van der Waals surface area contributed by atoms with Gasteiger partial charge in [0.05, 0.1) is 6.54 Å². The highest BCUT2D eigenvalue weighted by atomic mass is 35.5. The lowest BCUT2D eigenvalue weighted by Crippen LogP contribution is -2.34. The van der Waals surface area contributed by atoms with E-state index in [0.717, 1.165) is 12.2 Å². The van der Waals surface area contributed by atoms with Crippen molar-refractivity contribution in [3.05, 3.63) is 125 Å². The predicted octanol–water partition coefficient (Wildman–Crippen LogP) is 6.90. The first-order valence-electron chi connectivity index (χ1n) is 10.6. The molecular weight excluding hydrogens is 434 g/mol. The average molecular weight is 460 g/mol. The molecule has 0 aliphatic carbocycles. The van der Waals surface area contributed by atoms with E-state index in [-0.39, 0.29) is 0 Å². The molecule has 0 radical (unpaired) electrons. The van der Waals surface area contributed by atoms with Crippen molar-refractivity contribution in [1.82, 2.24) is 9.47 Å². The zero-order chi connectivity index (χ0) is 22.3. The molecule has 1 N–H and O–H groups in total. The van der Waals surface area contributed by atoms with Gasteiger partial charge in [0.15, 0.2) is 5.11 Å². The van der Waals surface area contributed by atoms with Crippen LogP contribution in [-0.4, -0.2) is 14.6 Å². The van der Waals surface area contributed by atoms with E-state index in [1.165, 1.54) is 22.4 Å². The van der Waals surface area contributed by atoms with E-state index >= 15 is 0 Å². The topological polar surface area (TPSA) is 20.2 Å². The van der Waals surface area contributed by atoms with Crippen molar-refractivity contribution in [3.63, 3.8) is 0 Å². The molecule has 162 valence electrons. The molecule has 0 fully saturated rings. The molecule has 1 heterocycles. The largest absolute Gasteiger partial charge is 0.345 e. The van der Waals surface area contributed by atoms with Crippen molar-refractivity contribution < 1.29 is 0 Å². The molecule has 32 heavy (non-hydrogen) atoms. The summed E-state index contributed by atoms with van der Waals surface area (Å²) < 4.78 is 2.28. The number of hydrogen-bond acceptors (Lipinski definition) is 1. The Morgan fingerprint density at radius 1 is 0.875 bits per heavy atom. The second kappa shape index (κ2) is 10.5. The minimum atomic E-state index is 0.666. The fraction of sp³-hybridized carbons (Fsp3) is 0.148. The lowest BCUT2D eigenvalue weighted by molar-refractivity contribution is 0.399. The first-order chi connectivity index (χ1) is 15.6. The maximum absolute atomic E-state index is 6.16. The van der Waals surface area contributed by atoms with Crippen LogP contribution >= 0.6 is 23.8 Å². The molecule has 0 aliphatic rings. The summed E-state index contributed by atoms with van der Waals surface area (Å²) in [5.74, 6) is 0. The Labute approximate surface area is 200 Å². The first-order valence-corrected chi connectivity index (χ1v) is 11.4. The number of thiocarbonyl (C=S) groups is 1. The van der Waals surface area contributed by atoms with E-state index in [9.17, 15) is 0 Å². The van der Waals surface area contributed by atoms with E-state index < -0.39 is 0 Å². The normalized spacial score (nSPS) is 10.7. The summed E-state index contributed by atoms with van der Waals surface area (Å²) in [4.78, 5) is 2.19. The van der Waals surface area contributed by atoms with Gasteiger partial charge in [-0.05, 0) is 60.6 Å². The summed E-state index contributed by atoms with van der Waals surface area (Å²) in [7, 11) is 0. The Morgan fingerprint density at radius 3 is 2.41 bits per heavy atom. The maximum atomic E-state index is 6.16. The van der Waals surface area contributed by atoms with Crippen molar-refractivity contribution in [1.29, 1.82) is 0 Å². The first kappa shape index (κ1) is 22.1. The van der Waals surface area contributed by atoms with Crippen LogP contribution in [0.25, 0.3) is 0 Å². The van der Waals surface area contributed by atoms with Crippen LogP contribution in [0.5, 0.6) is 0 Å². The molecule has 4 aromatic rings. The molecule has 0 saturated heterocycles. The zero-order valence-electron chi connectivity index (χ0n) is 18.0. The second-order valence-electron chi connectivity index (χ2n) is 7.90. The number of nitrogens with one attached hydrogen (secondary N) is 1. The molecular formula is C27H26ClN3S. The minimum absolute atomic E-state index is 0.666. The highest BCUT2D eigenvalue weighted by Gasteiger charge is 2.14. The molecule has 0 spiro atoms. The van der Waals surface area contributed by atoms with Gasteiger partial charge in [-0.3, -0.25) is 0 Å². The van der Waals surface area contributed by atoms with Crippen LogP contribution in [0, 0.1) is 6.92 Å². The van der Waals surface area contributed by atoms with Crippen molar-refractivity contribution in [3.8, 4) is 0 Å².